The van der Waals surface area contributed by atoms with Gasteiger partial charge in [0, 0.05) is 31.0 Å². The number of benzene rings is 2. The van der Waals surface area contributed by atoms with E-state index in [9.17, 15) is 4.39 Å². The minimum absolute atomic E-state index is 0.151. The monoisotopic (exact) mass is 286 g/mol. The van der Waals surface area contributed by atoms with Crippen LogP contribution in [-0.4, -0.2) is 13.1 Å². The SMILES string of the molecule is CCN(CC)c1ccc(NCc2ccc(F)c(C)c2)cc1. The maximum Gasteiger partial charge on any atom is 0.126 e. The van der Waals surface area contributed by atoms with Crippen LogP contribution in [0, 0.1) is 12.7 Å². The molecule has 112 valence electrons. The smallest absolute Gasteiger partial charge is 0.126 e. The Bertz CT molecular complexity index is 574. The van der Waals surface area contributed by atoms with Gasteiger partial charge in [0.2, 0.25) is 0 Å². The van der Waals surface area contributed by atoms with Gasteiger partial charge in [-0.25, -0.2) is 4.39 Å². The summed E-state index contributed by atoms with van der Waals surface area (Å²) in [7, 11) is 0. The number of rotatable bonds is 6. The van der Waals surface area contributed by atoms with E-state index in [2.05, 4.69) is 48.3 Å². The van der Waals surface area contributed by atoms with Gasteiger partial charge in [0.15, 0.2) is 0 Å². The molecule has 0 spiro atoms. The van der Waals surface area contributed by atoms with Gasteiger partial charge in [-0.15, -0.1) is 0 Å². The quantitative estimate of drug-likeness (QED) is 0.835. The Morgan fingerprint density at radius 3 is 2.24 bits per heavy atom. The highest BCUT2D eigenvalue weighted by atomic mass is 19.1. The molecule has 0 amide bonds. The normalized spacial score (nSPS) is 10.5. The number of halogens is 1. The molecule has 2 aromatic rings. The molecule has 0 saturated heterocycles. The van der Waals surface area contributed by atoms with E-state index in [-0.39, 0.29) is 5.82 Å². The molecule has 0 aromatic heterocycles. The first-order chi connectivity index (χ1) is 10.1. The Hall–Kier alpha value is -2.03. The molecular weight excluding hydrogens is 263 g/mol. The first kappa shape index (κ1) is 15.4. The molecule has 2 rings (SSSR count). The van der Waals surface area contributed by atoms with Crippen molar-refractivity contribution in [2.45, 2.75) is 27.3 Å². The van der Waals surface area contributed by atoms with Crippen molar-refractivity contribution in [3.63, 3.8) is 0 Å². The van der Waals surface area contributed by atoms with E-state index >= 15 is 0 Å². The highest BCUT2D eigenvalue weighted by Crippen LogP contribution is 2.18. The van der Waals surface area contributed by atoms with Crippen molar-refractivity contribution in [1.82, 2.24) is 0 Å². The lowest BCUT2D eigenvalue weighted by molar-refractivity contribution is 0.617. The van der Waals surface area contributed by atoms with Gasteiger partial charge in [-0.05, 0) is 62.2 Å². The molecule has 21 heavy (non-hydrogen) atoms. The molecule has 2 nitrogen and oxygen atoms in total. The molecule has 0 aliphatic rings. The number of hydrogen-bond donors (Lipinski definition) is 1. The molecule has 2 aromatic carbocycles. The van der Waals surface area contributed by atoms with Gasteiger partial charge in [0.25, 0.3) is 0 Å². The third-order valence-electron chi connectivity index (χ3n) is 3.71. The van der Waals surface area contributed by atoms with E-state index < -0.39 is 0 Å². The molecule has 0 saturated carbocycles. The average Bonchev–Trinajstić information content (AvgIpc) is 2.51. The minimum Gasteiger partial charge on any atom is -0.381 e. The Kier molecular flexibility index (Phi) is 5.20. The van der Waals surface area contributed by atoms with Crippen LogP contribution in [0.15, 0.2) is 42.5 Å². The summed E-state index contributed by atoms with van der Waals surface area (Å²) >= 11 is 0. The Labute approximate surface area is 126 Å². The maximum absolute atomic E-state index is 13.2. The first-order valence-electron chi connectivity index (χ1n) is 7.48. The zero-order valence-electron chi connectivity index (χ0n) is 13.0. The lowest BCUT2D eigenvalue weighted by Crippen LogP contribution is -2.21. The first-order valence-corrected chi connectivity index (χ1v) is 7.48. The number of nitrogens with one attached hydrogen (secondary N) is 1. The second-order valence-corrected chi connectivity index (χ2v) is 5.16. The van der Waals surface area contributed by atoms with Crippen LogP contribution in [0.2, 0.25) is 0 Å². The van der Waals surface area contributed by atoms with Gasteiger partial charge >= 0.3 is 0 Å². The zero-order chi connectivity index (χ0) is 15.2. The molecule has 0 bridgehead atoms. The van der Waals surface area contributed by atoms with Gasteiger partial charge in [-0.1, -0.05) is 12.1 Å². The average molecular weight is 286 g/mol. The summed E-state index contributed by atoms with van der Waals surface area (Å²) < 4.78 is 13.2. The summed E-state index contributed by atoms with van der Waals surface area (Å²) in [5, 5.41) is 3.37. The number of nitrogens with zero attached hydrogens (tertiary/aromatic N) is 1. The number of aryl methyl sites for hydroxylation is 1. The Morgan fingerprint density at radius 2 is 1.67 bits per heavy atom. The van der Waals surface area contributed by atoms with Gasteiger partial charge in [0.05, 0.1) is 0 Å². The Balaban J connectivity index is 1.98. The van der Waals surface area contributed by atoms with Crippen molar-refractivity contribution >= 4 is 11.4 Å². The third kappa shape index (κ3) is 3.97. The van der Waals surface area contributed by atoms with Crippen molar-refractivity contribution in [2.24, 2.45) is 0 Å². The highest BCUT2D eigenvalue weighted by Gasteiger charge is 2.02. The molecule has 0 atom stereocenters. The molecule has 0 fully saturated rings. The largest absolute Gasteiger partial charge is 0.381 e. The zero-order valence-corrected chi connectivity index (χ0v) is 13.0. The summed E-state index contributed by atoms with van der Waals surface area (Å²) in [4.78, 5) is 2.31. The molecule has 0 aliphatic carbocycles. The van der Waals surface area contributed by atoms with Crippen molar-refractivity contribution in [2.75, 3.05) is 23.3 Å². The molecular formula is C18H23FN2. The highest BCUT2D eigenvalue weighted by molar-refractivity contribution is 5.55. The maximum atomic E-state index is 13.2. The molecule has 0 unspecified atom stereocenters. The van der Waals surface area contributed by atoms with Crippen molar-refractivity contribution in [1.29, 1.82) is 0 Å². The number of hydrogen-bond acceptors (Lipinski definition) is 2. The summed E-state index contributed by atoms with van der Waals surface area (Å²) in [6, 6.07) is 13.7. The fourth-order valence-corrected chi connectivity index (χ4v) is 2.40. The van der Waals surface area contributed by atoms with Crippen LogP contribution in [0.4, 0.5) is 15.8 Å². The van der Waals surface area contributed by atoms with Crippen LogP contribution >= 0.6 is 0 Å². The molecule has 3 heteroatoms. The standard InChI is InChI=1S/C18H23FN2/c1-4-21(5-2)17-9-7-16(8-10-17)20-13-15-6-11-18(19)14(3)12-15/h6-12,20H,4-5,13H2,1-3H3. The molecule has 0 aliphatic heterocycles. The predicted octanol–water partition coefficient (Wildman–Crippen LogP) is 4.59. The van der Waals surface area contributed by atoms with E-state index in [0.717, 1.165) is 24.3 Å². The van der Waals surface area contributed by atoms with Crippen LogP contribution in [0.1, 0.15) is 25.0 Å². The second kappa shape index (κ2) is 7.11. The topological polar surface area (TPSA) is 15.3 Å². The lowest BCUT2D eigenvalue weighted by atomic mass is 10.1. The number of anilines is 2. The van der Waals surface area contributed by atoms with Crippen LogP contribution in [0.25, 0.3) is 0 Å². The molecule has 0 radical (unpaired) electrons. The van der Waals surface area contributed by atoms with E-state index in [1.807, 2.05) is 12.1 Å². The minimum atomic E-state index is -0.151. The summed E-state index contributed by atoms with van der Waals surface area (Å²) in [6.45, 7) is 8.83. The second-order valence-electron chi connectivity index (χ2n) is 5.16. The summed E-state index contributed by atoms with van der Waals surface area (Å²) in [6.07, 6.45) is 0. The van der Waals surface area contributed by atoms with Gasteiger partial charge in [0.1, 0.15) is 5.82 Å². The van der Waals surface area contributed by atoms with Crippen molar-refractivity contribution in [3.05, 3.63) is 59.4 Å². The van der Waals surface area contributed by atoms with Crippen LogP contribution in [0.5, 0.6) is 0 Å². The lowest BCUT2D eigenvalue weighted by Gasteiger charge is -2.21. The van der Waals surface area contributed by atoms with E-state index in [4.69, 9.17) is 0 Å². The van der Waals surface area contributed by atoms with E-state index in [0.29, 0.717) is 12.1 Å². The fraction of sp³-hybridized carbons (Fsp3) is 0.333. The van der Waals surface area contributed by atoms with Gasteiger partial charge in [-0.3, -0.25) is 0 Å². The summed E-state index contributed by atoms with van der Waals surface area (Å²) in [5.74, 6) is -0.151. The predicted molar refractivity (Wildman–Crippen MR) is 88.5 cm³/mol. The molecule has 0 heterocycles. The van der Waals surface area contributed by atoms with Gasteiger partial charge in [-0.2, -0.15) is 0 Å². The van der Waals surface area contributed by atoms with Crippen LogP contribution in [-0.2, 0) is 6.54 Å². The van der Waals surface area contributed by atoms with Crippen molar-refractivity contribution < 1.29 is 4.39 Å². The van der Waals surface area contributed by atoms with E-state index in [1.54, 1.807) is 6.92 Å². The van der Waals surface area contributed by atoms with E-state index in [1.165, 1.54) is 11.8 Å². The van der Waals surface area contributed by atoms with Gasteiger partial charge < -0.3 is 10.2 Å². The van der Waals surface area contributed by atoms with Crippen molar-refractivity contribution in [3.8, 4) is 0 Å². The third-order valence-corrected chi connectivity index (χ3v) is 3.71. The fourth-order valence-electron chi connectivity index (χ4n) is 2.40. The molecule has 1 N–H and O–H groups in total. The summed E-state index contributed by atoms with van der Waals surface area (Å²) in [5.41, 5.74) is 4.09. The Morgan fingerprint density at radius 1 is 1.00 bits per heavy atom. The van der Waals surface area contributed by atoms with Crippen LogP contribution in [0.3, 0.4) is 0 Å². The van der Waals surface area contributed by atoms with Crippen LogP contribution < -0.4 is 10.2 Å².